The number of hydrogen-bond acceptors (Lipinski definition) is 5. The lowest BCUT2D eigenvalue weighted by atomic mass is 9.98. The number of halogens is 3. The Balaban J connectivity index is 2.68. The van der Waals surface area contributed by atoms with Crippen molar-refractivity contribution in [3.8, 4) is 0 Å². The van der Waals surface area contributed by atoms with Crippen molar-refractivity contribution in [1.29, 1.82) is 0 Å². The summed E-state index contributed by atoms with van der Waals surface area (Å²) in [5.41, 5.74) is 9.56. The number of hydrogen-bond donors (Lipinski definition) is 2. The van der Waals surface area contributed by atoms with Crippen LogP contribution in [0, 0.1) is 0 Å². The van der Waals surface area contributed by atoms with Gasteiger partial charge in [0.05, 0.1) is 0 Å². The maximum Gasteiger partial charge on any atom is 0.488 e. The largest absolute Gasteiger partial charge is 0.488 e. The van der Waals surface area contributed by atoms with Gasteiger partial charge in [-0.3, -0.25) is 0 Å². The van der Waals surface area contributed by atoms with Crippen molar-refractivity contribution in [2.24, 2.45) is 0 Å². The van der Waals surface area contributed by atoms with Gasteiger partial charge in [0, 0.05) is 6.07 Å². The predicted octanol–water partition coefficient (Wildman–Crippen LogP) is 1.12. The van der Waals surface area contributed by atoms with E-state index in [1.807, 2.05) is 0 Å². The molecule has 0 aromatic carbocycles. The molecular formula is C5H7BF3N4S-. The van der Waals surface area contributed by atoms with Crippen molar-refractivity contribution < 1.29 is 12.9 Å². The van der Waals surface area contributed by atoms with E-state index in [1.54, 1.807) is 0 Å². The van der Waals surface area contributed by atoms with Crippen molar-refractivity contribution in [3.05, 3.63) is 6.07 Å². The van der Waals surface area contributed by atoms with E-state index in [2.05, 4.69) is 9.97 Å². The van der Waals surface area contributed by atoms with Gasteiger partial charge >= 0.3 is 6.98 Å². The molecule has 0 atom stereocenters. The molecule has 1 aromatic heterocycles. The second-order valence-electron chi connectivity index (χ2n) is 2.52. The Labute approximate surface area is 82.3 Å². The molecule has 1 aromatic rings. The highest BCUT2D eigenvalue weighted by molar-refractivity contribution is 8.00. The summed E-state index contributed by atoms with van der Waals surface area (Å²) in [5.74, 6) is 0.129. The molecule has 4 N–H and O–H groups in total. The Morgan fingerprint density at radius 2 is 1.71 bits per heavy atom. The number of nitrogens with two attached hydrogens (primary N) is 2. The molecule has 14 heavy (non-hydrogen) atoms. The molecule has 0 aliphatic rings. The average Bonchev–Trinajstić information content (AvgIpc) is 1.97. The van der Waals surface area contributed by atoms with E-state index in [1.165, 1.54) is 6.07 Å². The molecule has 1 rings (SSSR count). The topological polar surface area (TPSA) is 77.8 Å². The molecule has 0 aliphatic heterocycles. The summed E-state index contributed by atoms with van der Waals surface area (Å²) in [5, 5.41) is -0.0540. The van der Waals surface area contributed by atoms with Crippen LogP contribution in [0.2, 0.25) is 0 Å². The van der Waals surface area contributed by atoms with Crippen LogP contribution in [0.4, 0.5) is 24.6 Å². The van der Waals surface area contributed by atoms with Crippen LogP contribution in [0.25, 0.3) is 0 Å². The molecule has 0 spiro atoms. The van der Waals surface area contributed by atoms with Crippen molar-refractivity contribution in [2.45, 2.75) is 5.16 Å². The first kappa shape index (κ1) is 11.0. The summed E-state index contributed by atoms with van der Waals surface area (Å²) < 4.78 is 35.6. The van der Waals surface area contributed by atoms with Crippen molar-refractivity contribution in [1.82, 2.24) is 9.97 Å². The molecule has 0 unspecified atom stereocenters. The van der Waals surface area contributed by atoms with Gasteiger partial charge in [0.1, 0.15) is 11.6 Å². The normalized spacial score (nSPS) is 11.6. The van der Waals surface area contributed by atoms with E-state index in [9.17, 15) is 12.9 Å². The van der Waals surface area contributed by atoms with E-state index in [0.717, 1.165) is 0 Å². The van der Waals surface area contributed by atoms with Gasteiger partial charge in [-0.2, -0.15) is 0 Å². The van der Waals surface area contributed by atoms with Gasteiger partial charge in [0.25, 0.3) is 0 Å². The fraction of sp³-hybridized carbons (Fsp3) is 0.200. The van der Waals surface area contributed by atoms with Crippen LogP contribution < -0.4 is 11.5 Å². The Morgan fingerprint density at radius 1 is 1.21 bits per heavy atom. The average molecular weight is 223 g/mol. The molecule has 0 aliphatic carbocycles. The maximum atomic E-state index is 11.9. The van der Waals surface area contributed by atoms with Crippen molar-refractivity contribution >= 4 is 30.4 Å². The summed E-state index contributed by atoms with van der Waals surface area (Å²) in [6, 6.07) is 1.28. The summed E-state index contributed by atoms with van der Waals surface area (Å²) in [7, 11) is 0. The number of rotatable bonds is 3. The monoisotopic (exact) mass is 223 g/mol. The molecule has 0 saturated carbocycles. The molecule has 0 bridgehead atoms. The van der Waals surface area contributed by atoms with Crippen molar-refractivity contribution in [2.75, 3.05) is 17.1 Å². The first-order valence-electron chi connectivity index (χ1n) is 3.60. The van der Waals surface area contributed by atoms with E-state index in [0.29, 0.717) is 11.8 Å². The van der Waals surface area contributed by atoms with Crippen LogP contribution in [0.1, 0.15) is 0 Å². The number of nitrogens with zero attached hydrogens (tertiary/aromatic N) is 2. The molecule has 0 saturated heterocycles. The molecule has 0 radical (unpaired) electrons. The Bertz CT molecular complexity index is 311. The lowest BCUT2D eigenvalue weighted by molar-refractivity contribution is 0.485. The minimum absolute atomic E-state index is 0.0540. The first-order chi connectivity index (χ1) is 6.37. The van der Waals surface area contributed by atoms with Gasteiger partial charge in [0.2, 0.25) is 0 Å². The van der Waals surface area contributed by atoms with Gasteiger partial charge in [-0.25, -0.2) is 9.97 Å². The van der Waals surface area contributed by atoms with Crippen LogP contribution in [-0.2, 0) is 0 Å². The zero-order chi connectivity index (χ0) is 10.8. The fourth-order valence-corrected chi connectivity index (χ4v) is 1.37. The Kier molecular flexibility index (Phi) is 3.09. The zero-order valence-electron chi connectivity index (χ0n) is 6.95. The molecule has 1 heterocycles. The Hall–Kier alpha value is -1.12. The standard InChI is InChI=1S/C5H7BF3N4S/c7-6(8,9)2-14-5-12-3(10)1-4(11)13-5/h1H,2H2,(H4,10,11,12,13)/q-1. The summed E-state index contributed by atoms with van der Waals surface area (Å²) in [6.07, 6.45) is 0. The van der Waals surface area contributed by atoms with E-state index in [4.69, 9.17) is 11.5 Å². The summed E-state index contributed by atoms with van der Waals surface area (Å²) in [4.78, 5) is 7.19. The quantitative estimate of drug-likeness (QED) is 0.456. The Morgan fingerprint density at radius 3 is 2.14 bits per heavy atom. The lowest BCUT2D eigenvalue weighted by Gasteiger charge is -2.11. The van der Waals surface area contributed by atoms with Gasteiger partial charge in [-0.05, 0) is 5.65 Å². The second-order valence-corrected chi connectivity index (χ2v) is 3.51. The third-order valence-electron chi connectivity index (χ3n) is 1.15. The van der Waals surface area contributed by atoms with Gasteiger partial charge in [-0.15, -0.1) is 11.8 Å². The van der Waals surface area contributed by atoms with E-state index >= 15 is 0 Å². The highest BCUT2D eigenvalue weighted by atomic mass is 32.2. The van der Waals surface area contributed by atoms with Crippen LogP contribution in [-0.4, -0.2) is 22.6 Å². The predicted molar refractivity (Wildman–Crippen MR) is 50.7 cm³/mol. The smallest absolute Gasteiger partial charge is 0.448 e. The third-order valence-corrected chi connectivity index (χ3v) is 2.13. The van der Waals surface area contributed by atoms with Crippen molar-refractivity contribution in [3.63, 3.8) is 0 Å². The van der Waals surface area contributed by atoms with Crippen LogP contribution in [0.3, 0.4) is 0 Å². The highest BCUT2D eigenvalue weighted by Crippen LogP contribution is 2.22. The van der Waals surface area contributed by atoms with E-state index < -0.39 is 12.6 Å². The lowest BCUT2D eigenvalue weighted by Crippen LogP contribution is -2.19. The SMILES string of the molecule is Nc1cc(N)nc(SC[B-](F)(F)F)n1. The summed E-state index contributed by atoms with van der Waals surface area (Å²) >= 11 is 0.476. The maximum absolute atomic E-state index is 11.9. The van der Waals surface area contributed by atoms with Gasteiger partial charge in [0.15, 0.2) is 5.16 Å². The molecule has 78 valence electrons. The van der Waals surface area contributed by atoms with Crippen LogP contribution >= 0.6 is 11.8 Å². The molecule has 0 amide bonds. The first-order valence-corrected chi connectivity index (χ1v) is 4.59. The molecule has 4 nitrogen and oxygen atoms in total. The minimum Gasteiger partial charge on any atom is -0.448 e. The zero-order valence-corrected chi connectivity index (χ0v) is 7.77. The highest BCUT2D eigenvalue weighted by Gasteiger charge is 2.23. The molecule has 9 heteroatoms. The van der Waals surface area contributed by atoms with Gasteiger partial charge in [-0.1, -0.05) is 0 Å². The molecular weight excluding hydrogens is 216 g/mol. The fourth-order valence-electron chi connectivity index (χ4n) is 0.696. The minimum atomic E-state index is -4.85. The number of aromatic nitrogens is 2. The summed E-state index contributed by atoms with van der Waals surface area (Å²) in [6.45, 7) is -4.85. The number of anilines is 2. The third kappa shape index (κ3) is 3.73. The molecule has 0 fully saturated rings. The van der Waals surface area contributed by atoms with Crippen LogP contribution in [0.5, 0.6) is 0 Å². The van der Waals surface area contributed by atoms with Gasteiger partial charge < -0.3 is 24.4 Å². The second kappa shape index (κ2) is 3.95. The number of nitrogen functional groups attached to an aromatic ring is 2. The van der Waals surface area contributed by atoms with E-state index in [-0.39, 0.29) is 16.8 Å². The number of thioether (sulfide) groups is 1. The van der Waals surface area contributed by atoms with Crippen LogP contribution in [0.15, 0.2) is 11.2 Å².